The maximum Gasteiger partial charge on any atom is 0.416 e. The van der Waals surface area contributed by atoms with Crippen molar-refractivity contribution in [2.75, 3.05) is 18.4 Å². The monoisotopic (exact) mass is 589 g/mol. The molecular formula is C30H23F4N7O2. The van der Waals surface area contributed by atoms with E-state index in [1.54, 1.807) is 41.5 Å². The van der Waals surface area contributed by atoms with Crippen molar-refractivity contribution in [1.29, 1.82) is 0 Å². The molecule has 2 aromatic carbocycles. The van der Waals surface area contributed by atoms with E-state index < -0.39 is 23.5 Å². The topological polar surface area (TPSA) is 97.9 Å². The Balaban J connectivity index is 1.36. The molecule has 0 unspecified atom stereocenters. The summed E-state index contributed by atoms with van der Waals surface area (Å²) in [7, 11) is 0. The van der Waals surface area contributed by atoms with Gasteiger partial charge in [-0.1, -0.05) is 36.9 Å². The van der Waals surface area contributed by atoms with Gasteiger partial charge in [-0.05, 0) is 30.3 Å². The summed E-state index contributed by atoms with van der Waals surface area (Å²) in [6, 6.07) is 15.0. The average Bonchev–Trinajstić information content (AvgIpc) is 3.57. The largest absolute Gasteiger partial charge is 0.416 e. The maximum absolute atomic E-state index is 13.5. The smallest absolute Gasteiger partial charge is 0.332 e. The molecule has 1 saturated heterocycles. The number of halogens is 4. The van der Waals surface area contributed by atoms with Gasteiger partial charge in [-0.25, -0.2) is 4.39 Å². The highest BCUT2D eigenvalue weighted by atomic mass is 19.4. The van der Waals surface area contributed by atoms with Gasteiger partial charge in [-0.2, -0.15) is 23.4 Å². The second-order valence-electron chi connectivity index (χ2n) is 10.0. The van der Waals surface area contributed by atoms with E-state index in [-0.39, 0.29) is 31.6 Å². The molecule has 0 radical (unpaired) electrons. The summed E-state index contributed by atoms with van der Waals surface area (Å²) in [4.78, 5) is 30.5. The summed E-state index contributed by atoms with van der Waals surface area (Å²) in [5.74, 6) is -2.16. The minimum atomic E-state index is -4.49. The zero-order chi connectivity index (χ0) is 30.3. The molecule has 43 heavy (non-hydrogen) atoms. The molecule has 5 aromatic rings. The average molecular weight is 590 g/mol. The number of para-hydroxylation sites is 1. The second-order valence-corrected chi connectivity index (χ2v) is 10.0. The molecule has 1 aliphatic heterocycles. The molecule has 0 spiro atoms. The quantitative estimate of drug-likeness (QED) is 0.200. The normalized spacial score (nSPS) is 13.6. The summed E-state index contributed by atoms with van der Waals surface area (Å²) < 4.78 is 56.2. The Labute approximate surface area is 242 Å². The molecule has 0 aliphatic carbocycles. The van der Waals surface area contributed by atoms with Crippen molar-refractivity contribution in [3.05, 3.63) is 97.2 Å². The lowest BCUT2D eigenvalue weighted by Gasteiger charge is -2.39. The van der Waals surface area contributed by atoms with Crippen LogP contribution in [0.25, 0.3) is 33.4 Å². The van der Waals surface area contributed by atoms with E-state index in [1.807, 2.05) is 18.2 Å². The van der Waals surface area contributed by atoms with Crippen molar-refractivity contribution in [3.63, 3.8) is 0 Å². The summed E-state index contributed by atoms with van der Waals surface area (Å²) in [5.41, 5.74) is 2.90. The van der Waals surface area contributed by atoms with Crippen LogP contribution in [0.15, 0.2) is 91.7 Å². The van der Waals surface area contributed by atoms with Crippen molar-refractivity contribution >= 4 is 28.5 Å². The van der Waals surface area contributed by atoms with Crippen molar-refractivity contribution < 1.29 is 27.2 Å². The summed E-state index contributed by atoms with van der Waals surface area (Å²) in [5, 5.41) is 11.9. The molecule has 2 amide bonds. The molecule has 1 fully saturated rings. The lowest BCUT2D eigenvalue weighted by Crippen LogP contribution is -2.51. The van der Waals surface area contributed by atoms with Crippen molar-refractivity contribution in [2.45, 2.75) is 18.8 Å². The summed E-state index contributed by atoms with van der Waals surface area (Å²) in [6.07, 6.45) is 0.341. The van der Waals surface area contributed by atoms with Gasteiger partial charge in [0.2, 0.25) is 5.91 Å². The Morgan fingerprint density at radius 1 is 1.00 bits per heavy atom. The molecule has 218 valence electrons. The number of likely N-dealkylation sites (tertiary alicyclic amines) is 1. The molecular weight excluding hydrogens is 566 g/mol. The third-order valence-corrected chi connectivity index (χ3v) is 7.11. The Morgan fingerprint density at radius 2 is 1.72 bits per heavy atom. The zero-order valence-electron chi connectivity index (χ0n) is 22.4. The van der Waals surface area contributed by atoms with Gasteiger partial charge in [0.1, 0.15) is 17.8 Å². The van der Waals surface area contributed by atoms with Crippen LogP contribution in [-0.2, 0) is 22.3 Å². The van der Waals surface area contributed by atoms with Crippen LogP contribution in [0.4, 0.5) is 23.2 Å². The van der Waals surface area contributed by atoms with Gasteiger partial charge < -0.3 is 10.2 Å². The summed E-state index contributed by atoms with van der Waals surface area (Å²) in [6.45, 7) is 3.32. The van der Waals surface area contributed by atoms with Crippen molar-refractivity contribution in [2.24, 2.45) is 0 Å². The van der Waals surface area contributed by atoms with Crippen LogP contribution in [0.3, 0.4) is 0 Å². The fourth-order valence-corrected chi connectivity index (χ4v) is 4.98. The number of nitrogens with zero attached hydrogens (tertiary/aromatic N) is 6. The highest BCUT2D eigenvalue weighted by molar-refractivity contribution is 5.99. The third kappa shape index (κ3) is 5.48. The number of anilines is 1. The van der Waals surface area contributed by atoms with E-state index >= 15 is 0 Å². The number of hydrogen-bond acceptors (Lipinski definition) is 5. The summed E-state index contributed by atoms with van der Waals surface area (Å²) >= 11 is 0. The first-order valence-electron chi connectivity index (χ1n) is 13.1. The Morgan fingerprint density at radius 3 is 2.40 bits per heavy atom. The molecule has 13 heteroatoms. The van der Waals surface area contributed by atoms with Crippen LogP contribution in [0.1, 0.15) is 11.6 Å². The lowest BCUT2D eigenvalue weighted by atomic mass is 10.0. The van der Waals surface area contributed by atoms with Gasteiger partial charge in [-0.15, -0.1) is 0 Å². The first kappa shape index (κ1) is 27.8. The van der Waals surface area contributed by atoms with Gasteiger partial charge in [-0.3, -0.25) is 23.9 Å². The van der Waals surface area contributed by atoms with Gasteiger partial charge in [0, 0.05) is 47.9 Å². The number of alkyl halides is 3. The number of hydrogen-bond donors (Lipinski definition) is 1. The molecule has 0 saturated carbocycles. The Kier molecular flexibility index (Phi) is 7.00. The molecule has 0 atom stereocenters. The van der Waals surface area contributed by atoms with Gasteiger partial charge in [0.15, 0.2) is 5.83 Å². The van der Waals surface area contributed by atoms with Crippen LogP contribution in [0, 0.1) is 0 Å². The first-order chi connectivity index (χ1) is 20.6. The van der Waals surface area contributed by atoms with E-state index in [0.29, 0.717) is 39.1 Å². The van der Waals surface area contributed by atoms with Crippen LogP contribution in [-0.4, -0.2) is 54.3 Å². The minimum absolute atomic E-state index is 0.0496. The molecule has 1 N–H and O–H groups in total. The third-order valence-electron chi connectivity index (χ3n) is 7.11. The van der Waals surface area contributed by atoms with E-state index in [9.17, 15) is 27.2 Å². The molecule has 4 heterocycles. The SMILES string of the molecule is C=C(F)C(=O)N1CC(n2nc(-c3ccc(C(F)(F)F)cc3)c3nccc(-c4cnn(CC(=O)Nc5ccccc5)c4)c32)C1. The predicted molar refractivity (Wildman–Crippen MR) is 150 cm³/mol. The Hall–Kier alpha value is -5.33. The number of nitrogens with one attached hydrogen (secondary N) is 1. The fraction of sp³-hybridized carbons (Fsp3) is 0.167. The number of carbonyl (C=O) groups excluding carboxylic acids is 2. The number of benzene rings is 2. The van der Waals surface area contributed by atoms with E-state index in [4.69, 9.17) is 5.10 Å². The fourth-order valence-electron chi connectivity index (χ4n) is 4.98. The predicted octanol–water partition coefficient (Wildman–Crippen LogP) is 5.49. The Bertz CT molecular complexity index is 1840. The van der Waals surface area contributed by atoms with Gasteiger partial charge in [0.05, 0.1) is 23.3 Å². The number of carbonyl (C=O) groups is 2. The van der Waals surface area contributed by atoms with Crippen LogP contribution in [0.2, 0.25) is 0 Å². The highest BCUT2D eigenvalue weighted by Gasteiger charge is 2.36. The zero-order valence-corrected chi connectivity index (χ0v) is 22.4. The molecule has 3 aromatic heterocycles. The van der Waals surface area contributed by atoms with E-state index in [1.165, 1.54) is 21.7 Å². The van der Waals surface area contributed by atoms with Crippen molar-refractivity contribution in [1.82, 2.24) is 29.4 Å². The number of rotatable bonds is 7. The number of pyridine rings is 1. The van der Waals surface area contributed by atoms with Gasteiger partial charge in [0.25, 0.3) is 5.91 Å². The van der Waals surface area contributed by atoms with Crippen LogP contribution < -0.4 is 5.32 Å². The van der Waals surface area contributed by atoms with Crippen LogP contribution >= 0.6 is 0 Å². The molecule has 6 rings (SSSR count). The standard InChI is InChI=1S/C30H23F4N7O2/c1-18(31)29(43)39-15-23(16-39)41-28-24(20-13-36-40(14-20)17-25(42)37-22-5-3-2-4-6-22)11-12-35-27(28)26(38-41)19-7-9-21(10-8-19)30(32,33)34/h2-14,23H,1,15-17H2,(H,37,42). The van der Waals surface area contributed by atoms with E-state index in [0.717, 1.165) is 12.1 Å². The van der Waals surface area contributed by atoms with Gasteiger partial charge >= 0.3 is 6.18 Å². The molecule has 1 aliphatic rings. The minimum Gasteiger partial charge on any atom is -0.332 e. The number of fused-ring (bicyclic) bond motifs is 1. The molecule has 9 nitrogen and oxygen atoms in total. The first-order valence-corrected chi connectivity index (χ1v) is 13.1. The highest BCUT2D eigenvalue weighted by Crippen LogP contribution is 2.38. The van der Waals surface area contributed by atoms with Crippen molar-refractivity contribution in [3.8, 4) is 22.4 Å². The maximum atomic E-state index is 13.5. The molecule has 0 bridgehead atoms. The van der Waals surface area contributed by atoms with E-state index in [2.05, 4.69) is 22.0 Å². The van der Waals surface area contributed by atoms with Crippen LogP contribution in [0.5, 0.6) is 0 Å². The number of amides is 2. The number of aromatic nitrogens is 5. The lowest BCUT2D eigenvalue weighted by molar-refractivity contribution is -0.137. The second kappa shape index (κ2) is 10.8.